The van der Waals surface area contributed by atoms with Gasteiger partial charge in [0.2, 0.25) is 5.91 Å². The maximum absolute atomic E-state index is 12.8. The molecule has 0 aromatic carbocycles. The number of rotatable bonds is 5. The summed E-state index contributed by atoms with van der Waals surface area (Å²) in [6.45, 7) is 1.24. The van der Waals surface area contributed by atoms with Gasteiger partial charge >= 0.3 is 5.97 Å². The summed E-state index contributed by atoms with van der Waals surface area (Å²) in [6.07, 6.45) is 8.26. The van der Waals surface area contributed by atoms with Gasteiger partial charge in [-0.2, -0.15) is 0 Å². The van der Waals surface area contributed by atoms with Crippen molar-refractivity contribution < 1.29 is 14.3 Å². The molecule has 1 atom stereocenters. The van der Waals surface area contributed by atoms with Gasteiger partial charge in [-0.25, -0.2) is 4.79 Å². The smallest absolute Gasteiger partial charge is 0.341 e. The minimum absolute atomic E-state index is 0.0649. The Hall–Kier alpha value is -2.12. The molecule has 0 unspecified atom stereocenters. The van der Waals surface area contributed by atoms with Crippen molar-refractivity contribution >= 4 is 28.2 Å². The second-order valence-corrected chi connectivity index (χ2v) is 8.73. The monoisotopic (exact) mass is 401 g/mol. The third-order valence-electron chi connectivity index (χ3n) is 5.85. The SMILES string of the molecule is COC(=O)c1c(NC(=O)CN2CCC[C@@H]2c2cccn2C)sc2c1CCCC2. The summed E-state index contributed by atoms with van der Waals surface area (Å²) in [6, 6.07) is 4.44. The lowest BCUT2D eigenvalue weighted by Crippen LogP contribution is -2.33. The summed E-state index contributed by atoms with van der Waals surface area (Å²) >= 11 is 1.54. The Morgan fingerprint density at radius 1 is 1.29 bits per heavy atom. The zero-order valence-corrected chi connectivity index (χ0v) is 17.3. The fraction of sp³-hybridized carbons (Fsp3) is 0.524. The fourth-order valence-corrected chi connectivity index (χ4v) is 5.79. The number of carbonyl (C=O) groups is 2. The van der Waals surface area contributed by atoms with E-state index in [-0.39, 0.29) is 17.9 Å². The molecule has 0 bridgehead atoms. The second kappa shape index (κ2) is 8.09. The number of likely N-dealkylation sites (tertiary alicyclic amines) is 1. The number of methoxy groups -OCH3 is 1. The summed E-state index contributed by atoms with van der Waals surface area (Å²) in [4.78, 5) is 28.6. The number of aromatic nitrogens is 1. The van der Waals surface area contributed by atoms with Crippen LogP contribution in [0.25, 0.3) is 0 Å². The minimum atomic E-state index is -0.349. The summed E-state index contributed by atoms with van der Waals surface area (Å²) in [5, 5.41) is 3.67. The third kappa shape index (κ3) is 3.61. The van der Waals surface area contributed by atoms with Gasteiger partial charge < -0.3 is 14.6 Å². The topological polar surface area (TPSA) is 63.6 Å². The predicted molar refractivity (Wildman–Crippen MR) is 110 cm³/mol. The van der Waals surface area contributed by atoms with Crippen LogP contribution in [0.3, 0.4) is 0 Å². The maximum Gasteiger partial charge on any atom is 0.341 e. The van der Waals surface area contributed by atoms with Gasteiger partial charge in [-0.3, -0.25) is 9.69 Å². The molecule has 2 aromatic rings. The van der Waals surface area contributed by atoms with E-state index in [4.69, 9.17) is 4.74 Å². The molecule has 0 saturated carbocycles. The Kier molecular flexibility index (Phi) is 5.55. The maximum atomic E-state index is 12.8. The summed E-state index contributed by atoms with van der Waals surface area (Å²) in [5.41, 5.74) is 2.88. The Labute approximate surface area is 169 Å². The van der Waals surface area contributed by atoms with E-state index < -0.39 is 0 Å². The lowest BCUT2D eigenvalue weighted by molar-refractivity contribution is -0.117. The van der Waals surface area contributed by atoms with Crippen LogP contribution in [0.4, 0.5) is 5.00 Å². The predicted octanol–water partition coefficient (Wildman–Crippen LogP) is 3.53. The largest absolute Gasteiger partial charge is 0.465 e. The molecule has 0 spiro atoms. The van der Waals surface area contributed by atoms with Crippen molar-refractivity contribution in [1.29, 1.82) is 0 Å². The van der Waals surface area contributed by atoms with Crippen LogP contribution in [0.5, 0.6) is 0 Å². The van der Waals surface area contributed by atoms with E-state index in [1.807, 2.05) is 19.3 Å². The molecule has 1 fully saturated rings. The van der Waals surface area contributed by atoms with Crippen LogP contribution in [0, 0.1) is 0 Å². The number of ether oxygens (including phenoxy) is 1. The Balaban J connectivity index is 1.50. The highest BCUT2D eigenvalue weighted by Gasteiger charge is 2.31. The van der Waals surface area contributed by atoms with Crippen molar-refractivity contribution in [2.24, 2.45) is 7.05 Å². The Morgan fingerprint density at radius 3 is 2.86 bits per heavy atom. The molecule has 3 heterocycles. The van der Waals surface area contributed by atoms with E-state index in [0.717, 1.165) is 50.6 Å². The average molecular weight is 402 g/mol. The number of thiophene rings is 1. The molecular weight excluding hydrogens is 374 g/mol. The van der Waals surface area contributed by atoms with E-state index in [1.54, 1.807) is 0 Å². The molecule has 6 nitrogen and oxygen atoms in total. The third-order valence-corrected chi connectivity index (χ3v) is 7.06. The van der Waals surface area contributed by atoms with Crippen LogP contribution < -0.4 is 5.32 Å². The number of carbonyl (C=O) groups excluding carboxylic acids is 2. The molecule has 2 aromatic heterocycles. The number of nitrogens with one attached hydrogen (secondary N) is 1. The first-order chi connectivity index (χ1) is 13.6. The van der Waals surface area contributed by atoms with Gasteiger partial charge in [0.25, 0.3) is 0 Å². The lowest BCUT2D eigenvalue weighted by atomic mass is 9.95. The second-order valence-electron chi connectivity index (χ2n) is 7.63. The number of esters is 1. The number of hydrogen-bond acceptors (Lipinski definition) is 5. The molecule has 2 aliphatic rings. The summed E-state index contributed by atoms with van der Waals surface area (Å²) in [5.74, 6) is -0.414. The standard InChI is InChI=1S/C21H27N3O3S/c1-23-11-5-8-15(23)16-9-6-12-24(16)13-18(25)22-20-19(21(26)27-2)14-7-3-4-10-17(14)28-20/h5,8,11,16H,3-4,6-7,9-10,12-13H2,1-2H3,(H,22,25)/t16-/m1/s1. The number of fused-ring (bicyclic) bond motifs is 1. The Bertz CT molecular complexity index is 886. The van der Waals surface area contributed by atoms with Gasteiger partial charge in [0, 0.05) is 23.8 Å². The van der Waals surface area contributed by atoms with Crippen LogP contribution in [-0.2, 0) is 29.4 Å². The van der Waals surface area contributed by atoms with Crippen molar-refractivity contribution in [3.05, 3.63) is 40.0 Å². The molecule has 28 heavy (non-hydrogen) atoms. The van der Waals surface area contributed by atoms with Crippen LogP contribution in [0.2, 0.25) is 0 Å². The zero-order valence-electron chi connectivity index (χ0n) is 16.5. The van der Waals surface area contributed by atoms with Crippen molar-refractivity contribution in [3.63, 3.8) is 0 Å². The number of nitrogens with zero attached hydrogens (tertiary/aromatic N) is 2. The highest BCUT2D eigenvalue weighted by atomic mass is 32.1. The van der Waals surface area contributed by atoms with Gasteiger partial charge in [-0.15, -0.1) is 11.3 Å². The highest BCUT2D eigenvalue weighted by Crippen LogP contribution is 2.39. The first-order valence-corrected chi connectivity index (χ1v) is 10.8. The highest BCUT2D eigenvalue weighted by molar-refractivity contribution is 7.17. The first kappa shape index (κ1) is 19.2. The lowest BCUT2D eigenvalue weighted by Gasteiger charge is -2.24. The number of hydrogen-bond donors (Lipinski definition) is 1. The van der Waals surface area contributed by atoms with Crippen molar-refractivity contribution in [2.75, 3.05) is 25.5 Å². The molecular formula is C21H27N3O3S. The zero-order chi connectivity index (χ0) is 19.7. The van der Waals surface area contributed by atoms with E-state index in [0.29, 0.717) is 17.1 Å². The molecule has 4 rings (SSSR count). The number of anilines is 1. The van der Waals surface area contributed by atoms with Crippen LogP contribution in [-0.4, -0.2) is 41.5 Å². The van der Waals surface area contributed by atoms with Crippen LogP contribution >= 0.6 is 11.3 Å². The first-order valence-electron chi connectivity index (χ1n) is 9.96. The average Bonchev–Trinajstić information content (AvgIpc) is 3.39. The molecule has 1 aliphatic heterocycles. The molecule has 1 N–H and O–H groups in total. The van der Waals surface area contributed by atoms with Crippen LogP contribution in [0.15, 0.2) is 18.3 Å². The minimum Gasteiger partial charge on any atom is -0.465 e. The van der Waals surface area contributed by atoms with E-state index in [1.165, 1.54) is 29.0 Å². The number of aryl methyl sites for hydroxylation is 2. The van der Waals surface area contributed by atoms with Gasteiger partial charge in [-0.1, -0.05) is 0 Å². The van der Waals surface area contributed by atoms with Crippen molar-refractivity contribution in [2.45, 2.75) is 44.6 Å². The molecule has 150 valence electrons. The molecule has 1 aliphatic carbocycles. The quantitative estimate of drug-likeness (QED) is 0.779. The molecule has 7 heteroatoms. The Morgan fingerprint density at radius 2 is 2.11 bits per heavy atom. The fourth-order valence-electron chi connectivity index (χ4n) is 4.49. The number of amides is 1. The summed E-state index contributed by atoms with van der Waals surface area (Å²) in [7, 11) is 3.44. The van der Waals surface area contributed by atoms with Crippen molar-refractivity contribution in [1.82, 2.24) is 9.47 Å². The van der Waals surface area contributed by atoms with Gasteiger partial charge in [-0.05, 0) is 62.8 Å². The van der Waals surface area contributed by atoms with E-state index in [2.05, 4.69) is 20.9 Å². The van der Waals surface area contributed by atoms with Crippen molar-refractivity contribution in [3.8, 4) is 0 Å². The van der Waals surface area contributed by atoms with E-state index >= 15 is 0 Å². The van der Waals surface area contributed by atoms with Gasteiger partial charge in [0.15, 0.2) is 0 Å². The van der Waals surface area contributed by atoms with Crippen LogP contribution in [0.1, 0.15) is 58.2 Å². The molecule has 0 radical (unpaired) electrons. The normalized spacial score (nSPS) is 19.4. The summed E-state index contributed by atoms with van der Waals surface area (Å²) < 4.78 is 7.13. The van der Waals surface area contributed by atoms with Gasteiger partial charge in [0.1, 0.15) is 5.00 Å². The van der Waals surface area contributed by atoms with Gasteiger partial charge in [0.05, 0.1) is 25.3 Å². The van der Waals surface area contributed by atoms with E-state index in [9.17, 15) is 9.59 Å². The molecule has 1 amide bonds. The molecule has 1 saturated heterocycles.